The number of hydrogen-bond donors (Lipinski definition) is 2. The molecule has 128 valence electrons. The Morgan fingerprint density at radius 2 is 2.04 bits per heavy atom. The number of amides is 3. The van der Waals surface area contributed by atoms with E-state index in [4.69, 9.17) is 16.3 Å². The molecule has 0 aliphatic carbocycles. The maximum Gasteiger partial charge on any atom is 0.333 e. The maximum absolute atomic E-state index is 12.2. The van der Waals surface area contributed by atoms with Gasteiger partial charge in [-0.05, 0) is 64.6 Å². The van der Waals surface area contributed by atoms with E-state index in [1.807, 2.05) is 22.6 Å². The molecule has 1 heterocycles. The van der Waals surface area contributed by atoms with Crippen molar-refractivity contribution in [2.24, 2.45) is 0 Å². The lowest BCUT2D eigenvalue weighted by Gasteiger charge is -2.16. The lowest BCUT2D eigenvalue weighted by Crippen LogP contribution is -2.27. The third-order valence-electron chi connectivity index (χ3n) is 3.54. The van der Waals surface area contributed by atoms with E-state index < -0.39 is 11.9 Å². The van der Waals surface area contributed by atoms with Gasteiger partial charge in [-0.1, -0.05) is 17.7 Å². The smallest absolute Gasteiger partial charge is 0.333 e. The molecule has 0 aromatic heterocycles. The second kappa shape index (κ2) is 6.93. The highest BCUT2D eigenvalue weighted by molar-refractivity contribution is 14.1. The summed E-state index contributed by atoms with van der Waals surface area (Å²) in [5.41, 5.74) is 1.23. The average Bonchev–Trinajstić information content (AvgIpc) is 2.84. The Morgan fingerprint density at radius 1 is 1.28 bits per heavy atom. The van der Waals surface area contributed by atoms with Gasteiger partial charge in [0.05, 0.1) is 16.4 Å². The third-order valence-corrected chi connectivity index (χ3v) is 4.59. The second-order valence-electron chi connectivity index (χ2n) is 5.16. The van der Waals surface area contributed by atoms with Crippen molar-refractivity contribution >= 4 is 57.9 Å². The largest absolute Gasteiger partial charge is 0.504 e. The first-order valence-electron chi connectivity index (χ1n) is 7.10. The van der Waals surface area contributed by atoms with E-state index in [-0.39, 0.29) is 17.2 Å². The number of phenolic OH excluding ortho intramolecular Hbond substituents is 1. The molecule has 0 bridgehead atoms. The van der Waals surface area contributed by atoms with Crippen LogP contribution in [0.15, 0.2) is 42.1 Å². The topological polar surface area (TPSA) is 78.9 Å². The van der Waals surface area contributed by atoms with Gasteiger partial charge >= 0.3 is 6.03 Å². The highest BCUT2D eigenvalue weighted by atomic mass is 127. The van der Waals surface area contributed by atoms with Gasteiger partial charge in [0.25, 0.3) is 5.91 Å². The summed E-state index contributed by atoms with van der Waals surface area (Å²) in [4.78, 5) is 25.6. The van der Waals surface area contributed by atoms with Crippen LogP contribution < -0.4 is 15.0 Å². The standard InChI is InChI=1S/C17H12ClIN2O4/c1-25-14-7-9(5-12(19)15(14)22)6-13-16(23)20-17(24)21(13)11-4-2-3-10(18)8-11/h2-8,22H,1H3,(H,20,23,24)/b13-6+. The number of hydrogen-bond acceptors (Lipinski definition) is 4. The number of imide groups is 1. The summed E-state index contributed by atoms with van der Waals surface area (Å²) in [6.45, 7) is 0. The zero-order chi connectivity index (χ0) is 18.1. The van der Waals surface area contributed by atoms with Crippen LogP contribution in [0.5, 0.6) is 11.5 Å². The number of rotatable bonds is 3. The summed E-state index contributed by atoms with van der Waals surface area (Å²) in [6, 6.07) is 9.34. The molecular formula is C17H12ClIN2O4. The zero-order valence-electron chi connectivity index (χ0n) is 12.9. The number of carbonyl (C=O) groups is 2. The molecule has 8 heteroatoms. The summed E-state index contributed by atoms with van der Waals surface area (Å²) < 4.78 is 5.68. The Morgan fingerprint density at radius 3 is 2.72 bits per heavy atom. The fraction of sp³-hybridized carbons (Fsp3) is 0.0588. The SMILES string of the molecule is COc1cc(/C=C2\C(=O)NC(=O)N2c2cccc(Cl)c2)cc(I)c1O. The van der Waals surface area contributed by atoms with Crippen molar-refractivity contribution in [3.63, 3.8) is 0 Å². The summed E-state index contributed by atoms with van der Waals surface area (Å²) in [7, 11) is 1.44. The third kappa shape index (κ3) is 3.42. The molecule has 0 radical (unpaired) electrons. The van der Waals surface area contributed by atoms with Gasteiger partial charge in [0.15, 0.2) is 11.5 Å². The molecule has 2 N–H and O–H groups in total. The minimum atomic E-state index is -0.557. The highest BCUT2D eigenvalue weighted by Gasteiger charge is 2.34. The Bertz CT molecular complexity index is 914. The van der Waals surface area contributed by atoms with Crippen LogP contribution >= 0.6 is 34.2 Å². The van der Waals surface area contributed by atoms with E-state index in [9.17, 15) is 14.7 Å². The van der Waals surface area contributed by atoms with E-state index in [2.05, 4.69) is 5.32 Å². The molecule has 2 aromatic rings. The summed E-state index contributed by atoms with van der Waals surface area (Å²) in [5, 5.41) is 12.6. The predicted molar refractivity (Wildman–Crippen MR) is 103 cm³/mol. The number of benzene rings is 2. The van der Waals surface area contributed by atoms with Crippen molar-refractivity contribution in [2.45, 2.75) is 0 Å². The number of anilines is 1. The normalized spacial score (nSPS) is 15.6. The van der Waals surface area contributed by atoms with Crippen molar-refractivity contribution in [1.82, 2.24) is 5.32 Å². The molecule has 1 aliphatic rings. The molecule has 3 rings (SSSR count). The van der Waals surface area contributed by atoms with E-state index in [1.165, 1.54) is 12.0 Å². The van der Waals surface area contributed by atoms with Crippen LogP contribution in [-0.4, -0.2) is 24.2 Å². The number of methoxy groups -OCH3 is 1. The van der Waals surface area contributed by atoms with E-state index in [0.29, 0.717) is 19.8 Å². The first kappa shape index (κ1) is 17.6. The van der Waals surface area contributed by atoms with Gasteiger partial charge in [0.1, 0.15) is 5.70 Å². The molecule has 25 heavy (non-hydrogen) atoms. The monoisotopic (exact) mass is 470 g/mol. The quantitative estimate of drug-likeness (QED) is 0.407. The molecule has 0 unspecified atom stereocenters. The maximum atomic E-state index is 12.2. The molecule has 3 amide bonds. The van der Waals surface area contributed by atoms with Crippen molar-refractivity contribution in [3.05, 3.63) is 56.3 Å². The van der Waals surface area contributed by atoms with Crippen LogP contribution in [0.25, 0.3) is 6.08 Å². The summed E-state index contributed by atoms with van der Waals surface area (Å²) in [5.74, 6) is -0.228. The van der Waals surface area contributed by atoms with E-state index >= 15 is 0 Å². The van der Waals surface area contributed by atoms with Gasteiger partial charge in [-0.3, -0.25) is 15.0 Å². The summed E-state index contributed by atoms with van der Waals surface area (Å²) >= 11 is 7.94. The number of ether oxygens (including phenoxy) is 1. The zero-order valence-corrected chi connectivity index (χ0v) is 15.8. The molecule has 1 saturated heterocycles. The number of phenols is 1. The fourth-order valence-corrected chi connectivity index (χ4v) is 3.23. The van der Waals surface area contributed by atoms with Gasteiger partial charge in [-0.15, -0.1) is 0 Å². The summed E-state index contributed by atoms with van der Waals surface area (Å²) in [6.07, 6.45) is 1.55. The van der Waals surface area contributed by atoms with Crippen molar-refractivity contribution in [2.75, 3.05) is 12.0 Å². The number of nitrogens with one attached hydrogen (secondary N) is 1. The molecule has 6 nitrogen and oxygen atoms in total. The lowest BCUT2D eigenvalue weighted by atomic mass is 10.1. The molecule has 1 fully saturated rings. The lowest BCUT2D eigenvalue weighted by molar-refractivity contribution is -0.115. The Balaban J connectivity index is 2.10. The molecule has 2 aromatic carbocycles. The van der Waals surface area contributed by atoms with Gasteiger partial charge in [-0.25, -0.2) is 4.79 Å². The van der Waals surface area contributed by atoms with Gasteiger partial charge in [0.2, 0.25) is 0 Å². The Hall–Kier alpha value is -2.26. The molecule has 0 spiro atoms. The predicted octanol–water partition coefficient (Wildman–Crippen LogP) is 3.76. The highest BCUT2D eigenvalue weighted by Crippen LogP contribution is 2.34. The van der Waals surface area contributed by atoms with Crippen molar-refractivity contribution in [3.8, 4) is 11.5 Å². The molecule has 1 aliphatic heterocycles. The van der Waals surface area contributed by atoms with Crippen LogP contribution in [0, 0.1) is 3.57 Å². The Kier molecular flexibility index (Phi) is 4.87. The number of halogens is 2. The van der Waals surface area contributed by atoms with Crippen molar-refractivity contribution < 1.29 is 19.4 Å². The Labute approximate surface area is 162 Å². The number of nitrogens with zero attached hydrogens (tertiary/aromatic N) is 1. The first-order chi connectivity index (χ1) is 11.9. The van der Waals surface area contributed by atoms with Gasteiger partial charge in [0, 0.05) is 5.02 Å². The number of aromatic hydroxyl groups is 1. The van der Waals surface area contributed by atoms with Crippen LogP contribution in [0.2, 0.25) is 5.02 Å². The number of carbonyl (C=O) groups excluding carboxylic acids is 2. The minimum Gasteiger partial charge on any atom is -0.504 e. The average molecular weight is 471 g/mol. The number of urea groups is 1. The van der Waals surface area contributed by atoms with Crippen molar-refractivity contribution in [1.29, 1.82) is 0 Å². The second-order valence-corrected chi connectivity index (χ2v) is 6.76. The van der Waals surface area contributed by atoms with Crippen LogP contribution in [0.3, 0.4) is 0 Å². The molecule has 0 atom stereocenters. The van der Waals surface area contributed by atoms with Gasteiger partial charge in [-0.2, -0.15) is 0 Å². The molecule has 0 saturated carbocycles. The molecular weight excluding hydrogens is 459 g/mol. The van der Waals surface area contributed by atoms with Crippen LogP contribution in [0.4, 0.5) is 10.5 Å². The van der Waals surface area contributed by atoms with Gasteiger partial charge < -0.3 is 9.84 Å². The van der Waals surface area contributed by atoms with Crippen LogP contribution in [0.1, 0.15) is 5.56 Å². The minimum absolute atomic E-state index is 0.0175. The fourth-order valence-electron chi connectivity index (χ4n) is 2.42. The first-order valence-corrected chi connectivity index (χ1v) is 8.55. The van der Waals surface area contributed by atoms with Crippen LogP contribution in [-0.2, 0) is 4.79 Å². The van der Waals surface area contributed by atoms with E-state index in [0.717, 1.165) is 0 Å². The van der Waals surface area contributed by atoms with E-state index in [1.54, 1.807) is 42.5 Å².